The quantitative estimate of drug-likeness (QED) is 0.753. The van der Waals surface area contributed by atoms with Crippen LogP contribution in [-0.2, 0) is 9.84 Å². The fraction of sp³-hybridized carbons (Fsp3) is 1.00. The number of hydrogen-bond donors (Lipinski definition) is 2. The molecule has 5 heteroatoms. The van der Waals surface area contributed by atoms with Gasteiger partial charge in [0.25, 0.3) is 0 Å². The lowest BCUT2D eigenvalue weighted by molar-refractivity contribution is 0.123. The second-order valence-corrected chi connectivity index (χ2v) is 8.02. The third-order valence-corrected chi connectivity index (χ3v) is 5.93. The molecule has 0 amide bonds. The number of nitrogens with one attached hydrogen (secondary N) is 1. The summed E-state index contributed by atoms with van der Waals surface area (Å²) in [6, 6.07) is 0. The summed E-state index contributed by atoms with van der Waals surface area (Å²) < 4.78 is 23.3. The fourth-order valence-corrected chi connectivity index (χ4v) is 3.17. The molecule has 0 radical (unpaired) electrons. The van der Waals surface area contributed by atoms with E-state index in [1.807, 2.05) is 0 Å². The molecule has 0 aromatic heterocycles. The fourth-order valence-electron chi connectivity index (χ4n) is 2.31. The molecule has 0 bridgehead atoms. The summed E-state index contributed by atoms with van der Waals surface area (Å²) in [6.07, 6.45) is 5.35. The molecule has 1 rings (SSSR count). The Hall–Kier alpha value is -0.130. The maximum absolute atomic E-state index is 11.7. The van der Waals surface area contributed by atoms with Crippen LogP contribution in [0, 0.1) is 0 Å². The van der Waals surface area contributed by atoms with Gasteiger partial charge in [0.1, 0.15) is 0 Å². The highest BCUT2D eigenvalue weighted by Gasteiger charge is 2.31. The zero-order chi connectivity index (χ0) is 12.9. The molecule has 0 unspecified atom stereocenters. The molecule has 0 atom stereocenters. The molecule has 1 fully saturated rings. The third kappa shape index (κ3) is 4.23. The van der Waals surface area contributed by atoms with Gasteiger partial charge in [-0.15, -0.1) is 0 Å². The average molecular weight is 263 g/mol. The van der Waals surface area contributed by atoms with Gasteiger partial charge in [0.2, 0.25) is 0 Å². The first-order valence-electron chi connectivity index (χ1n) is 6.49. The highest BCUT2D eigenvalue weighted by atomic mass is 32.2. The van der Waals surface area contributed by atoms with Gasteiger partial charge in [-0.05, 0) is 26.7 Å². The van der Waals surface area contributed by atoms with E-state index in [9.17, 15) is 13.5 Å². The first-order valence-corrected chi connectivity index (χ1v) is 8.21. The van der Waals surface area contributed by atoms with E-state index in [-0.39, 0.29) is 23.1 Å². The summed E-state index contributed by atoms with van der Waals surface area (Å²) in [6.45, 7) is 3.96. The van der Waals surface area contributed by atoms with Crippen LogP contribution in [0.4, 0.5) is 0 Å². The predicted octanol–water partition coefficient (Wildman–Crippen LogP) is 1.09. The Morgan fingerprint density at radius 2 is 1.82 bits per heavy atom. The molecule has 0 aromatic carbocycles. The van der Waals surface area contributed by atoms with Crippen LogP contribution in [0.5, 0.6) is 0 Å². The molecule has 0 aromatic rings. The van der Waals surface area contributed by atoms with E-state index in [0.717, 1.165) is 25.7 Å². The smallest absolute Gasteiger partial charge is 0.153 e. The number of aliphatic hydroxyl groups is 1. The van der Waals surface area contributed by atoms with Crippen LogP contribution in [0.2, 0.25) is 0 Å². The lowest BCUT2D eigenvalue weighted by atomic mass is 9.82. The van der Waals surface area contributed by atoms with Gasteiger partial charge < -0.3 is 10.4 Å². The van der Waals surface area contributed by atoms with Crippen molar-refractivity contribution in [2.75, 3.05) is 18.9 Å². The van der Waals surface area contributed by atoms with E-state index in [1.165, 1.54) is 6.42 Å². The van der Waals surface area contributed by atoms with Crippen molar-refractivity contribution in [1.29, 1.82) is 0 Å². The lowest BCUT2D eigenvalue weighted by Crippen LogP contribution is -2.51. The second-order valence-electron chi connectivity index (χ2n) is 5.34. The van der Waals surface area contributed by atoms with Crippen molar-refractivity contribution >= 4 is 9.84 Å². The maximum atomic E-state index is 11.7. The zero-order valence-corrected chi connectivity index (χ0v) is 11.7. The van der Waals surface area contributed by atoms with E-state index in [1.54, 1.807) is 13.8 Å². The van der Waals surface area contributed by atoms with E-state index < -0.39 is 9.84 Å². The van der Waals surface area contributed by atoms with Crippen molar-refractivity contribution in [2.45, 2.75) is 56.7 Å². The van der Waals surface area contributed by atoms with Crippen LogP contribution in [0.1, 0.15) is 46.0 Å². The highest BCUT2D eigenvalue weighted by molar-refractivity contribution is 7.92. The Morgan fingerprint density at radius 3 is 2.29 bits per heavy atom. The van der Waals surface area contributed by atoms with Crippen molar-refractivity contribution in [3.05, 3.63) is 0 Å². The minimum Gasteiger partial charge on any atom is -0.394 e. The Morgan fingerprint density at radius 1 is 1.24 bits per heavy atom. The van der Waals surface area contributed by atoms with Gasteiger partial charge in [-0.1, -0.05) is 19.3 Å². The molecule has 2 N–H and O–H groups in total. The molecule has 0 aliphatic heterocycles. The monoisotopic (exact) mass is 263 g/mol. The van der Waals surface area contributed by atoms with Crippen molar-refractivity contribution in [1.82, 2.24) is 5.32 Å². The predicted molar refractivity (Wildman–Crippen MR) is 69.8 cm³/mol. The summed E-state index contributed by atoms with van der Waals surface area (Å²) in [5.41, 5.74) is -0.231. The van der Waals surface area contributed by atoms with Crippen molar-refractivity contribution in [3.8, 4) is 0 Å². The Kier molecular flexibility index (Phi) is 5.41. The molecule has 0 saturated heterocycles. The molecule has 102 valence electrons. The van der Waals surface area contributed by atoms with Crippen LogP contribution in [-0.4, -0.2) is 43.2 Å². The zero-order valence-electron chi connectivity index (χ0n) is 10.9. The Labute approximate surface area is 105 Å². The molecular formula is C12H25NO3S. The minimum absolute atomic E-state index is 0.106. The van der Waals surface area contributed by atoms with Gasteiger partial charge in [-0.2, -0.15) is 0 Å². The largest absolute Gasteiger partial charge is 0.394 e. The van der Waals surface area contributed by atoms with Crippen LogP contribution < -0.4 is 5.32 Å². The number of hydrogen-bond acceptors (Lipinski definition) is 4. The SMILES string of the molecule is CC(C)S(=O)(=O)CCNC1(CO)CCCCC1. The number of aliphatic hydroxyl groups excluding tert-OH is 1. The van der Waals surface area contributed by atoms with Gasteiger partial charge >= 0.3 is 0 Å². The summed E-state index contributed by atoms with van der Waals surface area (Å²) in [7, 11) is -2.98. The van der Waals surface area contributed by atoms with Crippen molar-refractivity contribution in [2.24, 2.45) is 0 Å². The summed E-state index contributed by atoms with van der Waals surface area (Å²) >= 11 is 0. The van der Waals surface area contributed by atoms with E-state index >= 15 is 0 Å². The van der Waals surface area contributed by atoms with Crippen molar-refractivity contribution < 1.29 is 13.5 Å². The first kappa shape index (κ1) is 14.9. The Balaban J connectivity index is 2.43. The van der Waals surface area contributed by atoms with Crippen LogP contribution in [0.3, 0.4) is 0 Å². The van der Waals surface area contributed by atoms with E-state index in [4.69, 9.17) is 0 Å². The average Bonchev–Trinajstić information content (AvgIpc) is 2.30. The molecular weight excluding hydrogens is 238 g/mol. The van der Waals surface area contributed by atoms with E-state index in [0.29, 0.717) is 6.54 Å². The topological polar surface area (TPSA) is 66.4 Å². The van der Waals surface area contributed by atoms with E-state index in [2.05, 4.69) is 5.32 Å². The number of rotatable bonds is 6. The van der Waals surface area contributed by atoms with Gasteiger partial charge in [-0.25, -0.2) is 8.42 Å². The Bertz CT molecular complexity index is 319. The summed E-state index contributed by atoms with van der Waals surface area (Å²) in [4.78, 5) is 0. The van der Waals surface area contributed by atoms with Crippen LogP contribution >= 0.6 is 0 Å². The van der Waals surface area contributed by atoms with Crippen LogP contribution in [0.25, 0.3) is 0 Å². The number of sulfone groups is 1. The molecule has 4 nitrogen and oxygen atoms in total. The molecule has 0 heterocycles. The minimum atomic E-state index is -2.98. The van der Waals surface area contributed by atoms with Crippen LogP contribution in [0.15, 0.2) is 0 Å². The molecule has 17 heavy (non-hydrogen) atoms. The first-order chi connectivity index (χ1) is 7.92. The van der Waals surface area contributed by atoms with Gasteiger partial charge in [0.05, 0.1) is 17.6 Å². The van der Waals surface area contributed by atoms with Gasteiger partial charge in [0, 0.05) is 12.1 Å². The molecule has 1 aliphatic rings. The van der Waals surface area contributed by atoms with Crippen molar-refractivity contribution in [3.63, 3.8) is 0 Å². The van der Waals surface area contributed by atoms with Gasteiger partial charge in [-0.3, -0.25) is 0 Å². The molecule has 1 saturated carbocycles. The third-order valence-electron chi connectivity index (χ3n) is 3.72. The second kappa shape index (κ2) is 6.16. The van der Waals surface area contributed by atoms with Gasteiger partial charge in [0.15, 0.2) is 9.84 Å². The normalized spacial score (nSPS) is 20.7. The molecule has 1 aliphatic carbocycles. The lowest BCUT2D eigenvalue weighted by Gasteiger charge is -2.36. The summed E-state index contributed by atoms with van der Waals surface area (Å²) in [5, 5.41) is 12.4. The maximum Gasteiger partial charge on any atom is 0.153 e. The highest BCUT2D eigenvalue weighted by Crippen LogP contribution is 2.27. The summed E-state index contributed by atoms with van der Waals surface area (Å²) in [5.74, 6) is 0.159. The standard InChI is InChI=1S/C12H25NO3S/c1-11(2)17(15,16)9-8-13-12(10-14)6-4-3-5-7-12/h11,13-14H,3-10H2,1-2H3. The molecule has 0 spiro atoms.